The van der Waals surface area contributed by atoms with Crippen LogP contribution in [0.15, 0.2) is 23.1 Å². The fraction of sp³-hybridized carbons (Fsp3) is 0.421. The Labute approximate surface area is 178 Å². The zero-order chi connectivity index (χ0) is 20.2. The van der Waals surface area contributed by atoms with Crippen molar-refractivity contribution in [2.24, 2.45) is 0 Å². The number of rotatable bonds is 6. The van der Waals surface area contributed by atoms with Crippen LogP contribution in [0.4, 0.5) is 0 Å². The molecule has 3 aliphatic rings. The van der Waals surface area contributed by atoms with E-state index in [0.717, 1.165) is 5.56 Å². The van der Waals surface area contributed by atoms with Gasteiger partial charge >= 0.3 is 0 Å². The number of nitrogens with zero attached hydrogens (tertiary/aromatic N) is 2. The van der Waals surface area contributed by atoms with E-state index < -0.39 is 0 Å². The smallest absolute Gasteiger partial charge is 0.266 e. The van der Waals surface area contributed by atoms with Gasteiger partial charge < -0.3 is 14.2 Å². The zero-order valence-corrected chi connectivity index (χ0v) is 17.4. The highest BCUT2D eigenvalue weighted by Gasteiger charge is 2.31. The number of morpholine rings is 1. The molecule has 1 N–H and O–H groups in total. The molecule has 29 heavy (non-hydrogen) atoms. The average Bonchev–Trinajstić information content (AvgIpc) is 3.28. The first-order valence-electron chi connectivity index (χ1n) is 9.37. The second kappa shape index (κ2) is 9.12. The molecule has 4 rings (SSSR count). The van der Waals surface area contributed by atoms with Crippen LogP contribution in [0.5, 0.6) is 11.5 Å². The van der Waals surface area contributed by atoms with Crippen molar-refractivity contribution in [1.29, 1.82) is 0 Å². The van der Waals surface area contributed by atoms with E-state index in [2.05, 4.69) is 5.43 Å². The highest BCUT2D eigenvalue weighted by atomic mass is 32.2. The van der Waals surface area contributed by atoms with E-state index in [4.69, 9.17) is 26.4 Å². The number of thioether (sulfide) groups is 1. The molecule has 154 valence electrons. The third-order valence-corrected chi connectivity index (χ3v) is 6.03. The summed E-state index contributed by atoms with van der Waals surface area (Å²) >= 11 is 6.63. The quantitative estimate of drug-likeness (QED) is 0.535. The Morgan fingerprint density at radius 2 is 2.03 bits per heavy atom. The predicted molar refractivity (Wildman–Crippen MR) is 112 cm³/mol. The minimum Gasteiger partial charge on any atom is -0.454 e. The van der Waals surface area contributed by atoms with Crippen LogP contribution in [-0.4, -0.2) is 65.7 Å². The van der Waals surface area contributed by atoms with E-state index in [9.17, 15) is 9.59 Å². The summed E-state index contributed by atoms with van der Waals surface area (Å²) < 4.78 is 16.4. The van der Waals surface area contributed by atoms with Crippen LogP contribution < -0.4 is 14.9 Å². The normalized spacial score (nSPS) is 20.6. The third-order valence-electron chi connectivity index (χ3n) is 4.65. The Kier molecular flexibility index (Phi) is 6.34. The molecule has 0 bridgehead atoms. The van der Waals surface area contributed by atoms with Crippen LogP contribution in [0.2, 0.25) is 0 Å². The summed E-state index contributed by atoms with van der Waals surface area (Å²) in [6.07, 6.45) is 2.67. The fourth-order valence-corrected chi connectivity index (χ4v) is 4.46. The number of hydrogen-bond acceptors (Lipinski definition) is 8. The number of fused-ring (bicyclic) bond motifs is 1. The maximum absolute atomic E-state index is 12.7. The van der Waals surface area contributed by atoms with Crippen molar-refractivity contribution in [3.8, 4) is 11.5 Å². The number of amides is 2. The Balaban J connectivity index is 1.29. The van der Waals surface area contributed by atoms with Gasteiger partial charge in [0.15, 0.2) is 11.5 Å². The molecule has 2 fully saturated rings. The molecule has 0 radical (unpaired) electrons. The molecular formula is C19H21N3O5S2. The lowest BCUT2D eigenvalue weighted by Gasteiger charge is -2.27. The number of nitrogens with one attached hydrogen (secondary N) is 1. The SMILES string of the molecule is O=C(CCCN1C(=O)C(=Cc2ccc3c(c2)OCO3)SC1=S)NN1CCOCC1. The van der Waals surface area contributed by atoms with E-state index in [1.54, 1.807) is 11.0 Å². The molecular weight excluding hydrogens is 414 g/mol. The molecule has 2 amide bonds. The summed E-state index contributed by atoms with van der Waals surface area (Å²) in [5.41, 5.74) is 3.71. The van der Waals surface area contributed by atoms with Gasteiger partial charge in [0.1, 0.15) is 4.32 Å². The molecule has 3 aliphatic heterocycles. The van der Waals surface area contributed by atoms with Crippen LogP contribution in [0.3, 0.4) is 0 Å². The highest BCUT2D eigenvalue weighted by molar-refractivity contribution is 8.26. The van der Waals surface area contributed by atoms with Gasteiger partial charge in [-0.1, -0.05) is 30.0 Å². The van der Waals surface area contributed by atoms with Gasteiger partial charge in [-0.3, -0.25) is 19.9 Å². The van der Waals surface area contributed by atoms with Crippen molar-refractivity contribution < 1.29 is 23.8 Å². The lowest BCUT2D eigenvalue weighted by Crippen LogP contribution is -2.48. The van der Waals surface area contributed by atoms with Crippen LogP contribution in [0, 0.1) is 0 Å². The molecule has 3 heterocycles. The van der Waals surface area contributed by atoms with Crippen LogP contribution >= 0.6 is 24.0 Å². The number of carbonyl (C=O) groups is 2. The molecule has 0 spiro atoms. The van der Waals surface area contributed by atoms with Gasteiger partial charge in [0, 0.05) is 26.1 Å². The summed E-state index contributed by atoms with van der Waals surface area (Å²) in [6, 6.07) is 5.53. The van der Waals surface area contributed by atoms with Gasteiger partial charge in [-0.25, -0.2) is 5.01 Å². The third kappa shape index (κ3) is 4.89. The summed E-state index contributed by atoms with van der Waals surface area (Å²) in [6.45, 7) is 3.23. The lowest BCUT2D eigenvalue weighted by molar-refractivity contribution is -0.128. The molecule has 0 aliphatic carbocycles. The number of benzene rings is 1. The van der Waals surface area contributed by atoms with E-state index >= 15 is 0 Å². The Morgan fingerprint density at radius 1 is 1.24 bits per heavy atom. The standard InChI is InChI=1S/C19H21N3O5S2/c23-17(20-21-6-8-25-9-7-21)2-1-5-22-18(24)16(29-19(22)28)11-13-3-4-14-15(10-13)27-12-26-14/h3-4,10-11H,1-2,5-9,12H2,(H,20,23). The topological polar surface area (TPSA) is 80.3 Å². The van der Waals surface area contributed by atoms with Crippen molar-refractivity contribution in [2.45, 2.75) is 12.8 Å². The molecule has 0 atom stereocenters. The van der Waals surface area contributed by atoms with Crippen LogP contribution in [0.1, 0.15) is 18.4 Å². The first-order valence-corrected chi connectivity index (χ1v) is 10.6. The van der Waals surface area contributed by atoms with Crippen molar-refractivity contribution in [3.05, 3.63) is 28.7 Å². The van der Waals surface area contributed by atoms with E-state index in [-0.39, 0.29) is 18.6 Å². The van der Waals surface area contributed by atoms with Crippen LogP contribution in [0.25, 0.3) is 6.08 Å². The molecule has 1 aromatic carbocycles. The van der Waals surface area contributed by atoms with Gasteiger partial charge in [0.05, 0.1) is 18.1 Å². The first kappa shape index (κ1) is 20.1. The predicted octanol–water partition coefficient (Wildman–Crippen LogP) is 1.76. The summed E-state index contributed by atoms with van der Waals surface area (Å²) in [5, 5.41) is 1.86. The fourth-order valence-electron chi connectivity index (χ4n) is 3.15. The van der Waals surface area contributed by atoms with Gasteiger partial charge in [-0.15, -0.1) is 0 Å². The molecule has 0 saturated carbocycles. The molecule has 2 saturated heterocycles. The minimum atomic E-state index is -0.133. The summed E-state index contributed by atoms with van der Waals surface area (Å²) in [7, 11) is 0. The number of hydrazine groups is 1. The zero-order valence-electron chi connectivity index (χ0n) is 15.7. The molecule has 1 aromatic rings. The van der Waals surface area contributed by atoms with Gasteiger partial charge in [-0.2, -0.15) is 0 Å². The summed E-state index contributed by atoms with van der Waals surface area (Å²) in [4.78, 5) is 26.9. The molecule has 8 nitrogen and oxygen atoms in total. The van der Waals surface area contributed by atoms with Gasteiger partial charge in [0.25, 0.3) is 5.91 Å². The van der Waals surface area contributed by atoms with Crippen molar-refractivity contribution >= 4 is 46.2 Å². The van der Waals surface area contributed by atoms with Crippen molar-refractivity contribution in [2.75, 3.05) is 39.6 Å². The van der Waals surface area contributed by atoms with E-state index in [1.807, 2.05) is 23.2 Å². The highest BCUT2D eigenvalue weighted by Crippen LogP contribution is 2.36. The van der Waals surface area contributed by atoms with Crippen molar-refractivity contribution in [3.63, 3.8) is 0 Å². The van der Waals surface area contributed by atoms with Gasteiger partial charge in [-0.05, 0) is 30.2 Å². The maximum Gasteiger partial charge on any atom is 0.266 e. The lowest BCUT2D eigenvalue weighted by atomic mass is 10.2. The largest absolute Gasteiger partial charge is 0.454 e. The van der Waals surface area contributed by atoms with Crippen LogP contribution in [-0.2, 0) is 14.3 Å². The molecule has 0 unspecified atom stereocenters. The minimum absolute atomic E-state index is 0.0618. The Bertz CT molecular complexity index is 854. The van der Waals surface area contributed by atoms with E-state index in [1.165, 1.54) is 11.8 Å². The average molecular weight is 436 g/mol. The Morgan fingerprint density at radius 3 is 2.86 bits per heavy atom. The number of hydrogen-bond donors (Lipinski definition) is 1. The molecule has 0 aromatic heterocycles. The van der Waals surface area contributed by atoms with Crippen molar-refractivity contribution in [1.82, 2.24) is 15.3 Å². The number of carbonyl (C=O) groups excluding carboxylic acids is 2. The number of thiocarbonyl (C=S) groups is 1. The second-order valence-corrected chi connectivity index (χ2v) is 8.36. The van der Waals surface area contributed by atoms with E-state index in [0.29, 0.717) is 66.4 Å². The number of ether oxygens (including phenoxy) is 3. The first-order chi connectivity index (χ1) is 14.1. The monoisotopic (exact) mass is 435 g/mol. The second-order valence-electron chi connectivity index (χ2n) is 6.68. The Hall–Kier alpha value is -2.14. The summed E-state index contributed by atoms with van der Waals surface area (Å²) in [5.74, 6) is 1.17. The van der Waals surface area contributed by atoms with Gasteiger partial charge in [0.2, 0.25) is 12.7 Å². The molecule has 10 heteroatoms. The maximum atomic E-state index is 12.7.